The largest absolute Gasteiger partial charge is 0.390 e. The van der Waals surface area contributed by atoms with E-state index >= 15 is 0 Å². The second-order valence-electron chi connectivity index (χ2n) is 5.93. The van der Waals surface area contributed by atoms with Crippen LogP contribution in [0.4, 0.5) is 5.00 Å². The number of nitrogens with two attached hydrogens (primary N) is 1. The summed E-state index contributed by atoms with van der Waals surface area (Å²) in [5.41, 5.74) is 8.16. The molecule has 0 saturated heterocycles. The summed E-state index contributed by atoms with van der Waals surface area (Å²) < 4.78 is 0. The van der Waals surface area contributed by atoms with E-state index in [2.05, 4.69) is 5.32 Å². The van der Waals surface area contributed by atoms with Gasteiger partial charge in [0.1, 0.15) is 0 Å². The van der Waals surface area contributed by atoms with Gasteiger partial charge < -0.3 is 11.1 Å². The zero-order valence-electron chi connectivity index (χ0n) is 13.2. The van der Waals surface area contributed by atoms with Crippen LogP contribution in [0.1, 0.15) is 79.1 Å². The number of hydrogen-bond acceptors (Lipinski definition) is 3. The highest BCUT2D eigenvalue weighted by Gasteiger charge is 2.21. The number of thiophene rings is 1. The Balaban J connectivity index is 2.21. The number of fused-ring (bicyclic) bond motifs is 1. The third-order valence-electron chi connectivity index (χ3n) is 4.26. The lowest BCUT2D eigenvalue weighted by atomic mass is 9.97. The summed E-state index contributed by atoms with van der Waals surface area (Å²) >= 11 is 1.64. The first kappa shape index (κ1) is 16.3. The first-order valence-electron chi connectivity index (χ1n) is 8.42. The molecule has 0 bridgehead atoms. The molecule has 0 fully saturated rings. The molecule has 1 heterocycles. The van der Waals surface area contributed by atoms with E-state index in [0.29, 0.717) is 11.5 Å². The van der Waals surface area contributed by atoms with Crippen molar-refractivity contribution in [3.8, 4) is 0 Å². The van der Waals surface area contributed by atoms with Crippen molar-refractivity contribution in [2.24, 2.45) is 0 Å². The van der Waals surface area contributed by atoms with Crippen LogP contribution in [-0.4, -0.2) is 12.5 Å². The van der Waals surface area contributed by atoms with Crippen molar-refractivity contribution in [2.75, 3.05) is 12.3 Å². The molecular formula is C17H28N2OS. The first-order valence-corrected chi connectivity index (χ1v) is 9.24. The van der Waals surface area contributed by atoms with Gasteiger partial charge in [0.25, 0.3) is 5.91 Å². The highest BCUT2D eigenvalue weighted by Crippen LogP contribution is 2.34. The van der Waals surface area contributed by atoms with Gasteiger partial charge in [-0.25, -0.2) is 0 Å². The SMILES string of the molecule is CCNC(=O)c1c(N)sc2c1CCCCCCCCCC2. The fourth-order valence-electron chi connectivity index (χ4n) is 3.15. The van der Waals surface area contributed by atoms with E-state index in [1.165, 1.54) is 61.8 Å². The maximum absolute atomic E-state index is 12.3. The molecular weight excluding hydrogens is 280 g/mol. The van der Waals surface area contributed by atoms with Crippen molar-refractivity contribution >= 4 is 22.2 Å². The van der Waals surface area contributed by atoms with Gasteiger partial charge in [-0.15, -0.1) is 11.3 Å². The minimum Gasteiger partial charge on any atom is -0.390 e. The van der Waals surface area contributed by atoms with Crippen molar-refractivity contribution < 1.29 is 4.79 Å². The van der Waals surface area contributed by atoms with E-state index in [0.717, 1.165) is 18.4 Å². The van der Waals surface area contributed by atoms with Gasteiger partial charge in [-0.05, 0) is 38.2 Å². The van der Waals surface area contributed by atoms with Crippen LogP contribution in [0.3, 0.4) is 0 Å². The number of nitrogen functional groups attached to an aromatic ring is 1. The topological polar surface area (TPSA) is 55.1 Å². The lowest BCUT2D eigenvalue weighted by Gasteiger charge is -2.10. The maximum Gasteiger partial charge on any atom is 0.254 e. The minimum atomic E-state index is 0.0135. The molecule has 0 saturated carbocycles. The van der Waals surface area contributed by atoms with Crippen molar-refractivity contribution in [1.29, 1.82) is 0 Å². The van der Waals surface area contributed by atoms with Crippen LogP contribution in [0.25, 0.3) is 0 Å². The average molecular weight is 308 g/mol. The molecule has 4 heteroatoms. The monoisotopic (exact) mass is 308 g/mol. The molecule has 0 radical (unpaired) electrons. The number of amides is 1. The summed E-state index contributed by atoms with van der Waals surface area (Å²) in [6.45, 7) is 2.61. The molecule has 0 atom stereocenters. The van der Waals surface area contributed by atoms with Crippen molar-refractivity contribution in [1.82, 2.24) is 5.32 Å². The number of carbonyl (C=O) groups excluding carboxylic acids is 1. The van der Waals surface area contributed by atoms with Crippen molar-refractivity contribution in [3.63, 3.8) is 0 Å². The Kier molecular flexibility index (Phi) is 6.55. The second kappa shape index (κ2) is 8.42. The van der Waals surface area contributed by atoms with Crippen molar-refractivity contribution in [2.45, 2.75) is 71.1 Å². The quantitative estimate of drug-likeness (QED) is 0.856. The van der Waals surface area contributed by atoms with Crippen LogP contribution < -0.4 is 11.1 Å². The van der Waals surface area contributed by atoms with Crippen LogP contribution in [0.5, 0.6) is 0 Å². The van der Waals surface area contributed by atoms with Gasteiger partial charge in [0, 0.05) is 11.4 Å². The third-order valence-corrected chi connectivity index (χ3v) is 5.38. The predicted octanol–water partition coefficient (Wildman–Crippen LogP) is 4.30. The molecule has 1 amide bonds. The molecule has 0 aromatic carbocycles. The molecule has 1 aromatic rings. The van der Waals surface area contributed by atoms with Gasteiger partial charge in [-0.1, -0.05) is 38.5 Å². The van der Waals surface area contributed by atoms with Gasteiger partial charge in [0.05, 0.1) is 10.6 Å². The lowest BCUT2D eigenvalue weighted by molar-refractivity contribution is 0.0956. The Morgan fingerprint density at radius 3 is 2.24 bits per heavy atom. The van der Waals surface area contributed by atoms with Crippen LogP contribution in [0.15, 0.2) is 0 Å². The molecule has 118 valence electrons. The molecule has 21 heavy (non-hydrogen) atoms. The normalized spacial score (nSPS) is 17.4. The number of hydrogen-bond donors (Lipinski definition) is 2. The zero-order valence-corrected chi connectivity index (χ0v) is 14.0. The van der Waals surface area contributed by atoms with Crippen LogP contribution in [-0.2, 0) is 12.8 Å². The Morgan fingerprint density at radius 2 is 1.62 bits per heavy atom. The molecule has 0 spiro atoms. The summed E-state index contributed by atoms with van der Waals surface area (Å²) in [4.78, 5) is 13.6. The predicted molar refractivity (Wildman–Crippen MR) is 91.1 cm³/mol. The number of anilines is 1. The minimum absolute atomic E-state index is 0.0135. The summed E-state index contributed by atoms with van der Waals surface area (Å²) in [5.74, 6) is 0.0135. The van der Waals surface area contributed by atoms with E-state index < -0.39 is 0 Å². The highest BCUT2D eigenvalue weighted by molar-refractivity contribution is 7.16. The van der Waals surface area contributed by atoms with Crippen LogP contribution in [0.2, 0.25) is 0 Å². The van der Waals surface area contributed by atoms with E-state index in [4.69, 9.17) is 5.73 Å². The molecule has 1 aromatic heterocycles. The standard InChI is InChI=1S/C17H28N2OS/c1-2-19-17(20)15-13-11-9-7-5-3-4-6-8-10-12-14(13)21-16(15)18/h2-12,18H2,1H3,(H,19,20). The van der Waals surface area contributed by atoms with Gasteiger partial charge >= 0.3 is 0 Å². The molecule has 3 nitrogen and oxygen atoms in total. The summed E-state index contributed by atoms with van der Waals surface area (Å²) in [7, 11) is 0. The maximum atomic E-state index is 12.3. The van der Waals surface area contributed by atoms with Gasteiger partial charge in [-0.3, -0.25) is 4.79 Å². The second-order valence-corrected chi connectivity index (χ2v) is 7.07. The molecule has 3 N–H and O–H groups in total. The van der Waals surface area contributed by atoms with E-state index in [1.807, 2.05) is 6.92 Å². The number of carbonyl (C=O) groups is 1. The molecule has 0 unspecified atom stereocenters. The molecule has 0 aliphatic heterocycles. The lowest BCUT2D eigenvalue weighted by Crippen LogP contribution is -2.24. The summed E-state index contributed by atoms with van der Waals surface area (Å²) in [5, 5.41) is 3.62. The van der Waals surface area contributed by atoms with Gasteiger partial charge in [-0.2, -0.15) is 0 Å². The first-order chi connectivity index (χ1) is 10.2. The van der Waals surface area contributed by atoms with Gasteiger partial charge in [0.15, 0.2) is 0 Å². The summed E-state index contributed by atoms with van der Waals surface area (Å²) in [6, 6.07) is 0. The number of aryl methyl sites for hydroxylation is 1. The highest BCUT2D eigenvalue weighted by atomic mass is 32.1. The fourth-order valence-corrected chi connectivity index (χ4v) is 4.30. The van der Waals surface area contributed by atoms with Crippen molar-refractivity contribution in [3.05, 3.63) is 16.0 Å². The Hall–Kier alpha value is -1.03. The fraction of sp³-hybridized carbons (Fsp3) is 0.706. The van der Waals surface area contributed by atoms with Crippen LogP contribution in [0, 0.1) is 0 Å². The number of rotatable bonds is 2. The van der Waals surface area contributed by atoms with E-state index in [1.54, 1.807) is 11.3 Å². The van der Waals surface area contributed by atoms with Crippen LogP contribution >= 0.6 is 11.3 Å². The summed E-state index contributed by atoms with van der Waals surface area (Å²) in [6.07, 6.45) is 12.5. The van der Waals surface area contributed by atoms with E-state index in [-0.39, 0.29) is 5.91 Å². The Labute approximate surface area is 132 Å². The Morgan fingerprint density at radius 1 is 1.05 bits per heavy atom. The molecule has 1 aliphatic rings. The van der Waals surface area contributed by atoms with E-state index in [9.17, 15) is 4.79 Å². The molecule has 2 rings (SSSR count). The Bertz CT molecular complexity index is 468. The zero-order chi connectivity index (χ0) is 15.1. The third kappa shape index (κ3) is 4.47. The smallest absolute Gasteiger partial charge is 0.254 e. The van der Waals surface area contributed by atoms with Gasteiger partial charge in [0.2, 0.25) is 0 Å². The molecule has 1 aliphatic carbocycles. The average Bonchev–Trinajstić information content (AvgIpc) is 2.75. The number of nitrogens with one attached hydrogen (secondary N) is 1.